The Kier molecular flexibility index (Phi) is 4.73. The standard InChI is InChI=1S/C14H16ClF2N3/c1-3-4-20-8-9(7-19-20)14(18-2)10-5-13(17)11(15)6-12(10)16/h5-8,14,18H,3-4H2,1-2H3. The fourth-order valence-corrected chi connectivity index (χ4v) is 2.29. The summed E-state index contributed by atoms with van der Waals surface area (Å²) in [5, 5.41) is 6.96. The molecule has 108 valence electrons. The SMILES string of the molecule is CCCn1cc(C(NC)c2cc(F)c(Cl)cc2F)cn1. The number of benzene rings is 1. The van der Waals surface area contributed by atoms with Crippen molar-refractivity contribution in [3.8, 4) is 0 Å². The van der Waals surface area contributed by atoms with Gasteiger partial charge in [0.1, 0.15) is 11.6 Å². The predicted molar refractivity (Wildman–Crippen MR) is 74.8 cm³/mol. The van der Waals surface area contributed by atoms with Gasteiger partial charge in [-0.2, -0.15) is 5.10 Å². The Labute approximate surface area is 121 Å². The number of nitrogens with zero attached hydrogens (tertiary/aromatic N) is 2. The fraction of sp³-hybridized carbons (Fsp3) is 0.357. The third-order valence-corrected chi connectivity index (χ3v) is 3.37. The minimum atomic E-state index is -0.635. The van der Waals surface area contributed by atoms with Gasteiger partial charge in [0.15, 0.2) is 0 Å². The minimum absolute atomic E-state index is 0.213. The molecule has 1 heterocycles. The maximum absolute atomic E-state index is 14.0. The Hall–Kier alpha value is -1.46. The van der Waals surface area contributed by atoms with E-state index in [2.05, 4.69) is 10.4 Å². The average Bonchev–Trinajstić information content (AvgIpc) is 2.85. The van der Waals surface area contributed by atoms with Crippen LogP contribution in [0.2, 0.25) is 5.02 Å². The molecule has 0 saturated carbocycles. The molecule has 2 aromatic rings. The number of aromatic nitrogens is 2. The molecule has 0 fully saturated rings. The van der Waals surface area contributed by atoms with Crippen molar-refractivity contribution in [3.05, 3.63) is 52.3 Å². The lowest BCUT2D eigenvalue weighted by atomic mass is 10.0. The summed E-state index contributed by atoms with van der Waals surface area (Å²) in [6, 6.07) is 1.65. The molecular formula is C14H16ClF2N3. The van der Waals surface area contributed by atoms with E-state index in [1.165, 1.54) is 0 Å². The summed E-state index contributed by atoms with van der Waals surface area (Å²) in [7, 11) is 1.69. The molecule has 0 aliphatic carbocycles. The van der Waals surface area contributed by atoms with Crippen LogP contribution in [0, 0.1) is 11.6 Å². The predicted octanol–water partition coefficient (Wildman–Crippen LogP) is 3.53. The van der Waals surface area contributed by atoms with Crippen LogP contribution in [0.3, 0.4) is 0 Å². The van der Waals surface area contributed by atoms with Crippen LogP contribution in [-0.2, 0) is 6.54 Å². The first kappa shape index (κ1) is 14.9. The number of aryl methyl sites for hydroxylation is 1. The van der Waals surface area contributed by atoms with E-state index in [9.17, 15) is 8.78 Å². The minimum Gasteiger partial charge on any atom is -0.309 e. The van der Waals surface area contributed by atoms with E-state index < -0.39 is 17.7 Å². The van der Waals surface area contributed by atoms with Gasteiger partial charge in [-0.05, 0) is 25.6 Å². The highest BCUT2D eigenvalue weighted by molar-refractivity contribution is 6.30. The Bertz CT molecular complexity index is 598. The number of hydrogen-bond donors (Lipinski definition) is 1. The van der Waals surface area contributed by atoms with Crippen molar-refractivity contribution in [2.24, 2.45) is 0 Å². The van der Waals surface area contributed by atoms with E-state index in [-0.39, 0.29) is 10.6 Å². The van der Waals surface area contributed by atoms with Gasteiger partial charge in [-0.1, -0.05) is 18.5 Å². The van der Waals surface area contributed by atoms with E-state index in [0.29, 0.717) is 0 Å². The fourth-order valence-electron chi connectivity index (χ4n) is 2.14. The van der Waals surface area contributed by atoms with Crippen molar-refractivity contribution >= 4 is 11.6 Å². The molecule has 1 unspecified atom stereocenters. The average molecular weight is 300 g/mol. The second-order valence-electron chi connectivity index (χ2n) is 4.55. The zero-order valence-corrected chi connectivity index (χ0v) is 12.1. The van der Waals surface area contributed by atoms with Crippen molar-refractivity contribution in [3.63, 3.8) is 0 Å². The molecule has 0 aliphatic heterocycles. The Balaban J connectivity index is 2.38. The number of halogens is 3. The molecule has 1 N–H and O–H groups in total. The number of nitrogens with one attached hydrogen (secondary N) is 1. The van der Waals surface area contributed by atoms with E-state index >= 15 is 0 Å². The summed E-state index contributed by atoms with van der Waals surface area (Å²) in [5.74, 6) is -1.18. The summed E-state index contributed by atoms with van der Waals surface area (Å²) < 4.78 is 29.3. The lowest BCUT2D eigenvalue weighted by Crippen LogP contribution is -2.19. The van der Waals surface area contributed by atoms with E-state index in [1.54, 1.807) is 17.9 Å². The van der Waals surface area contributed by atoms with E-state index in [0.717, 1.165) is 30.7 Å². The normalized spacial score (nSPS) is 12.7. The molecular weight excluding hydrogens is 284 g/mol. The summed E-state index contributed by atoms with van der Waals surface area (Å²) in [6.45, 7) is 2.83. The molecule has 0 aliphatic rings. The molecule has 1 aromatic heterocycles. The Morgan fingerprint density at radius 1 is 1.35 bits per heavy atom. The quantitative estimate of drug-likeness (QED) is 0.856. The summed E-state index contributed by atoms with van der Waals surface area (Å²) in [6.07, 6.45) is 4.44. The molecule has 20 heavy (non-hydrogen) atoms. The monoisotopic (exact) mass is 299 g/mol. The van der Waals surface area contributed by atoms with Crippen molar-refractivity contribution in [2.75, 3.05) is 7.05 Å². The van der Waals surface area contributed by atoms with Gasteiger partial charge in [0, 0.05) is 23.9 Å². The lowest BCUT2D eigenvalue weighted by Gasteiger charge is -2.16. The highest BCUT2D eigenvalue weighted by Crippen LogP contribution is 2.27. The molecule has 3 nitrogen and oxygen atoms in total. The van der Waals surface area contributed by atoms with Gasteiger partial charge in [-0.3, -0.25) is 4.68 Å². The molecule has 0 spiro atoms. The second-order valence-corrected chi connectivity index (χ2v) is 4.95. The first-order valence-corrected chi connectivity index (χ1v) is 6.78. The van der Waals surface area contributed by atoms with Crippen LogP contribution in [0.4, 0.5) is 8.78 Å². The van der Waals surface area contributed by atoms with Crippen LogP contribution >= 0.6 is 11.6 Å². The molecule has 1 atom stereocenters. The van der Waals surface area contributed by atoms with Crippen LogP contribution in [0.5, 0.6) is 0 Å². The van der Waals surface area contributed by atoms with Crippen LogP contribution in [0.1, 0.15) is 30.5 Å². The number of rotatable bonds is 5. The van der Waals surface area contributed by atoms with Crippen molar-refractivity contribution < 1.29 is 8.78 Å². The van der Waals surface area contributed by atoms with Crippen LogP contribution in [-0.4, -0.2) is 16.8 Å². The third kappa shape index (κ3) is 2.99. The largest absolute Gasteiger partial charge is 0.309 e. The van der Waals surface area contributed by atoms with E-state index in [4.69, 9.17) is 11.6 Å². The van der Waals surface area contributed by atoms with Gasteiger partial charge in [-0.25, -0.2) is 8.78 Å². The zero-order chi connectivity index (χ0) is 14.7. The van der Waals surface area contributed by atoms with E-state index in [1.807, 2.05) is 13.1 Å². The van der Waals surface area contributed by atoms with Crippen LogP contribution < -0.4 is 5.32 Å². The summed E-state index contributed by atoms with van der Waals surface area (Å²) >= 11 is 5.57. The van der Waals surface area contributed by atoms with Gasteiger partial charge in [0.2, 0.25) is 0 Å². The zero-order valence-electron chi connectivity index (χ0n) is 11.3. The summed E-state index contributed by atoms with van der Waals surface area (Å²) in [5.41, 5.74) is 0.993. The van der Waals surface area contributed by atoms with Crippen LogP contribution in [0.15, 0.2) is 24.5 Å². The van der Waals surface area contributed by atoms with Gasteiger partial charge >= 0.3 is 0 Å². The van der Waals surface area contributed by atoms with Crippen molar-refractivity contribution in [2.45, 2.75) is 25.9 Å². The Morgan fingerprint density at radius 3 is 2.75 bits per heavy atom. The first-order chi connectivity index (χ1) is 9.56. The molecule has 6 heteroatoms. The lowest BCUT2D eigenvalue weighted by molar-refractivity contribution is 0.557. The second kappa shape index (κ2) is 6.33. The van der Waals surface area contributed by atoms with Crippen LogP contribution in [0.25, 0.3) is 0 Å². The first-order valence-electron chi connectivity index (χ1n) is 6.40. The van der Waals surface area contributed by atoms with Gasteiger partial charge in [0.25, 0.3) is 0 Å². The Morgan fingerprint density at radius 2 is 2.10 bits per heavy atom. The molecule has 0 radical (unpaired) electrons. The summed E-state index contributed by atoms with van der Waals surface area (Å²) in [4.78, 5) is 0. The molecule has 0 saturated heterocycles. The van der Waals surface area contributed by atoms with Gasteiger partial charge in [-0.15, -0.1) is 0 Å². The molecule has 2 rings (SSSR count). The molecule has 0 amide bonds. The van der Waals surface area contributed by atoms with Crippen molar-refractivity contribution in [1.82, 2.24) is 15.1 Å². The highest BCUT2D eigenvalue weighted by atomic mass is 35.5. The van der Waals surface area contributed by atoms with Crippen molar-refractivity contribution in [1.29, 1.82) is 0 Å². The highest BCUT2D eigenvalue weighted by Gasteiger charge is 2.20. The van der Waals surface area contributed by atoms with Gasteiger partial charge < -0.3 is 5.32 Å². The third-order valence-electron chi connectivity index (χ3n) is 3.08. The number of hydrogen-bond acceptors (Lipinski definition) is 2. The maximum Gasteiger partial charge on any atom is 0.142 e. The molecule has 0 bridgehead atoms. The maximum atomic E-state index is 14.0. The topological polar surface area (TPSA) is 29.9 Å². The van der Waals surface area contributed by atoms with Gasteiger partial charge in [0.05, 0.1) is 17.3 Å². The smallest absolute Gasteiger partial charge is 0.142 e. The molecule has 1 aromatic carbocycles.